The maximum atomic E-state index is 13.2. The molecule has 2 aromatic rings. The lowest BCUT2D eigenvalue weighted by atomic mass is 10.2. The zero-order valence-electron chi connectivity index (χ0n) is 6.99. The predicted octanol–water partition coefficient (Wildman–Crippen LogP) is 0.954. The first-order valence-corrected chi connectivity index (χ1v) is 5.32. The highest BCUT2D eigenvalue weighted by Crippen LogP contribution is 2.20. The van der Waals surface area contributed by atoms with E-state index in [0.29, 0.717) is 10.9 Å². The monoisotopic (exact) mass is 214 g/mol. The fraction of sp³-hybridized carbons (Fsp3) is 0. The summed E-state index contributed by atoms with van der Waals surface area (Å²) in [5.41, 5.74) is 0.537. The molecule has 14 heavy (non-hydrogen) atoms. The van der Waals surface area contributed by atoms with Crippen LogP contribution < -0.4 is 5.14 Å². The van der Waals surface area contributed by atoms with E-state index in [1.54, 1.807) is 12.3 Å². The van der Waals surface area contributed by atoms with Crippen LogP contribution in [0.5, 0.6) is 0 Å². The molecule has 0 aliphatic heterocycles. The summed E-state index contributed by atoms with van der Waals surface area (Å²) in [5, 5.41) is 5.44. The van der Waals surface area contributed by atoms with E-state index >= 15 is 0 Å². The SMILES string of the molecule is NS(=O)(=O)c1cc2[nH]ccc2cc1F. The molecule has 0 atom stereocenters. The molecule has 0 radical (unpaired) electrons. The van der Waals surface area contributed by atoms with Crippen molar-refractivity contribution in [3.8, 4) is 0 Å². The van der Waals surface area contributed by atoms with Crippen molar-refractivity contribution >= 4 is 20.9 Å². The van der Waals surface area contributed by atoms with Gasteiger partial charge >= 0.3 is 0 Å². The Kier molecular flexibility index (Phi) is 1.83. The fourth-order valence-corrected chi connectivity index (χ4v) is 1.88. The van der Waals surface area contributed by atoms with Gasteiger partial charge in [-0.3, -0.25) is 0 Å². The molecule has 1 aromatic carbocycles. The van der Waals surface area contributed by atoms with Crippen molar-refractivity contribution in [2.24, 2.45) is 5.14 Å². The number of primary sulfonamides is 1. The Hall–Kier alpha value is -1.40. The summed E-state index contributed by atoms with van der Waals surface area (Å²) in [4.78, 5) is 2.28. The Morgan fingerprint density at radius 2 is 2.07 bits per heavy atom. The fourth-order valence-electron chi connectivity index (χ4n) is 1.27. The Balaban J connectivity index is 2.84. The lowest BCUT2D eigenvalue weighted by Crippen LogP contribution is -2.13. The first-order valence-electron chi connectivity index (χ1n) is 3.78. The Bertz CT molecular complexity index is 588. The number of benzene rings is 1. The smallest absolute Gasteiger partial charge is 0.241 e. The van der Waals surface area contributed by atoms with E-state index < -0.39 is 20.7 Å². The quantitative estimate of drug-likeness (QED) is 0.741. The van der Waals surface area contributed by atoms with Gasteiger partial charge in [0.05, 0.1) is 0 Å². The molecule has 3 N–H and O–H groups in total. The minimum Gasteiger partial charge on any atom is -0.361 e. The minimum absolute atomic E-state index is 0.493. The maximum absolute atomic E-state index is 13.2. The summed E-state index contributed by atoms with van der Waals surface area (Å²) >= 11 is 0. The topological polar surface area (TPSA) is 76.0 Å². The van der Waals surface area contributed by atoms with Crippen molar-refractivity contribution < 1.29 is 12.8 Å². The van der Waals surface area contributed by atoms with Crippen LogP contribution in [0, 0.1) is 5.82 Å². The summed E-state index contributed by atoms with van der Waals surface area (Å²) in [6, 6.07) is 3.96. The highest BCUT2D eigenvalue weighted by molar-refractivity contribution is 7.89. The summed E-state index contributed by atoms with van der Waals surface area (Å²) in [6.07, 6.45) is 1.59. The Labute approximate surface area is 79.6 Å². The van der Waals surface area contributed by atoms with Crippen molar-refractivity contribution in [2.75, 3.05) is 0 Å². The molecule has 0 aliphatic rings. The number of rotatable bonds is 1. The molecular weight excluding hydrogens is 207 g/mol. The first kappa shape index (κ1) is 9.17. The van der Waals surface area contributed by atoms with E-state index in [4.69, 9.17) is 5.14 Å². The maximum Gasteiger partial charge on any atom is 0.241 e. The van der Waals surface area contributed by atoms with Crippen LogP contribution in [0.2, 0.25) is 0 Å². The average Bonchev–Trinajstić information content (AvgIpc) is 2.47. The standard InChI is InChI=1S/C8H7FN2O2S/c9-6-3-5-1-2-11-7(5)4-8(6)14(10,12)13/h1-4,11H,(H2,10,12,13). The van der Waals surface area contributed by atoms with Gasteiger partial charge in [0, 0.05) is 17.1 Å². The zero-order valence-corrected chi connectivity index (χ0v) is 7.81. The summed E-state index contributed by atoms with van der Waals surface area (Å²) in [6.45, 7) is 0. The van der Waals surface area contributed by atoms with Crippen LogP contribution >= 0.6 is 0 Å². The number of sulfonamides is 1. The largest absolute Gasteiger partial charge is 0.361 e. The number of H-pyrrole nitrogens is 1. The average molecular weight is 214 g/mol. The number of aromatic amines is 1. The van der Waals surface area contributed by atoms with Gasteiger partial charge in [0.15, 0.2) is 0 Å². The molecule has 0 bridgehead atoms. The van der Waals surface area contributed by atoms with Crippen molar-refractivity contribution in [1.82, 2.24) is 4.98 Å². The molecule has 0 saturated carbocycles. The second-order valence-electron chi connectivity index (χ2n) is 2.89. The van der Waals surface area contributed by atoms with Gasteiger partial charge in [0.1, 0.15) is 10.7 Å². The molecule has 0 amide bonds. The lowest BCUT2D eigenvalue weighted by Gasteiger charge is -2.00. The molecule has 1 aromatic heterocycles. The molecule has 0 aliphatic carbocycles. The van der Waals surface area contributed by atoms with E-state index in [9.17, 15) is 12.8 Å². The molecule has 1 heterocycles. The molecule has 0 saturated heterocycles. The third kappa shape index (κ3) is 1.38. The van der Waals surface area contributed by atoms with Crippen molar-refractivity contribution in [3.63, 3.8) is 0 Å². The van der Waals surface area contributed by atoms with Gasteiger partial charge < -0.3 is 4.98 Å². The number of hydrogen-bond donors (Lipinski definition) is 2. The van der Waals surface area contributed by atoms with E-state index in [-0.39, 0.29) is 0 Å². The highest BCUT2D eigenvalue weighted by Gasteiger charge is 2.15. The van der Waals surface area contributed by atoms with E-state index in [1.807, 2.05) is 0 Å². The van der Waals surface area contributed by atoms with Gasteiger partial charge in [-0.15, -0.1) is 0 Å². The molecule has 6 heteroatoms. The van der Waals surface area contributed by atoms with Gasteiger partial charge in [-0.2, -0.15) is 0 Å². The number of halogens is 1. The number of fused-ring (bicyclic) bond motifs is 1. The van der Waals surface area contributed by atoms with Gasteiger partial charge in [-0.1, -0.05) is 0 Å². The van der Waals surface area contributed by atoms with E-state index in [1.165, 1.54) is 6.07 Å². The van der Waals surface area contributed by atoms with Crippen LogP contribution in [0.15, 0.2) is 29.3 Å². The van der Waals surface area contributed by atoms with E-state index in [0.717, 1.165) is 6.07 Å². The molecule has 0 spiro atoms. The van der Waals surface area contributed by atoms with E-state index in [2.05, 4.69) is 4.98 Å². The van der Waals surface area contributed by atoms with Gasteiger partial charge in [-0.05, 0) is 18.2 Å². The summed E-state index contributed by atoms with van der Waals surface area (Å²) in [5.74, 6) is -0.834. The molecule has 74 valence electrons. The normalized spacial score (nSPS) is 12.1. The van der Waals surface area contributed by atoms with Crippen LogP contribution in [0.3, 0.4) is 0 Å². The Morgan fingerprint density at radius 1 is 1.36 bits per heavy atom. The van der Waals surface area contributed by atoms with Crippen molar-refractivity contribution in [2.45, 2.75) is 4.90 Å². The molecule has 0 unspecified atom stereocenters. The van der Waals surface area contributed by atoms with Gasteiger partial charge in [0.25, 0.3) is 0 Å². The summed E-state index contributed by atoms with van der Waals surface area (Å²) < 4.78 is 35.1. The minimum atomic E-state index is -4.00. The van der Waals surface area contributed by atoms with Crippen molar-refractivity contribution in [1.29, 1.82) is 0 Å². The molecule has 4 nitrogen and oxygen atoms in total. The van der Waals surface area contributed by atoms with Gasteiger partial charge in [0.2, 0.25) is 10.0 Å². The van der Waals surface area contributed by atoms with Crippen LogP contribution in [0.25, 0.3) is 10.9 Å². The second-order valence-corrected chi connectivity index (χ2v) is 4.42. The number of nitrogens with two attached hydrogens (primary N) is 1. The number of nitrogens with one attached hydrogen (secondary N) is 1. The lowest BCUT2D eigenvalue weighted by molar-refractivity contribution is 0.569. The van der Waals surface area contributed by atoms with Crippen LogP contribution in [0.4, 0.5) is 4.39 Å². The van der Waals surface area contributed by atoms with Crippen LogP contribution in [0.1, 0.15) is 0 Å². The zero-order chi connectivity index (χ0) is 10.3. The Morgan fingerprint density at radius 3 is 2.71 bits per heavy atom. The summed E-state index contributed by atoms with van der Waals surface area (Å²) in [7, 11) is -4.00. The number of hydrogen-bond acceptors (Lipinski definition) is 2. The first-order chi connectivity index (χ1) is 6.48. The third-order valence-corrected chi connectivity index (χ3v) is 2.84. The number of aromatic nitrogens is 1. The highest BCUT2D eigenvalue weighted by atomic mass is 32.2. The molecular formula is C8H7FN2O2S. The van der Waals surface area contributed by atoms with Crippen LogP contribution in [-0.4, -0.2) is 13.4 Å². The third-order valence-electron chi connectivity index (χ3n) is 1.91. The predicted molar refractivity (Wildman–Crippen MR) is 49.6 cm³/mol. The van der Waals surface area contributed by atoms with Crippen molar-refractivity contribution in [3.05, 3.63) is 30.2 Å². The van der Waals surface area contributed by atoms with Gasteiger partial charge in [-0.25, -0.2) is 17.9 Å². The van der Waals surface area contributed by atoms with Crippen LogP contribution in [-0.2, 0) is 10.0 Å². The second kappa shape index (κ2) is 2.79. The molecule has 0 fully saturated rings. The molecule has 2 rings (SSSR count).